The summed E-state index contributed by atoms with van der Waals surface area (Å²) in [5, 5.41) is 0. The van der Waals surface area contributed by atoms with E-state index in [-0.39, 0.29) is 5.97 Å². The highest BCUT2D eigenvalue weighted by molar-refractivity contribution is 5.74. The molecule has 0 aliphatic rings. The standard InChI is InChI=1S/C20H28O4/c1-4-17(14-21)12-8-9-16(2)13-19(20(22)23-3)24-15-18-10-6-5-7-11-18/h5-7,10-11,16,19H,4,8-9,12-13,15H2,1-3H3. The van der Waals surface area contributed by atoms with Gasteiger partial charge in [-0.2, -0.15) is 0 Å². The number of benzene rings is 1. The highest BCUT2D eigenvalue weighted by Gasteiger charge is 2.22. The molecule has 1 rings (SSSR count). The largest absolute Gasteiger partial charge is 0.467 e. The van der Waals surface area contributed by atoms with Crippen LogP contribution in [0.15, 0.2) is 35.9 Å². The number of rotatable bonds is 11. The SMILES string of the molecule is CCC(=C=O)CCCC(C)CC(OCc1ccccc1)C(=O)OC. The molecule has 4 nitrogen and oxygen atoms in total. The van der Waals surface area contributed by atoms with Crippen LogP contribution >= 0.6 is 0 Å². The maximum absolute atomic E-state index is 11.9. The van der Waals surface area contributed by atoms with Gasteiger partial charge in [-0.15, -0.1) is 0 Å². The monoisotopic (exact) mass is 332 g/mol. The van der Waals surface area contributed by atoms with Crippen molar-refractivity contribution in [2.45, 2.75) is 58.7 Å². The molecule has 0 saturated heterocycles. The average molecular weight is 332 g/mol. The Hall–Kier alpha value is -1.90. The maximum atomic E-state index is 11.9. The topological polar surface area (TPSA) is 52.6 Å². The first-order valence-corrected chi connectivity index (χ1v) is 8.56. The Morgan fingerprint density at radius 2 is 1.96 bits per heavy atom. The third-order valence-corrected chi connectivity index (χ3v) is 4.12. The summed E-state index contributed by atoms with van der Waals surface area (Å²) in [4.78, 5) is 22.6. The Morgan fingerprint density at radius 3 is 2.54 bits per heavy atom. The van der Waals surface area contributed by atoms with Gasteiger partial charge in [-0.3, -0.25) is 0 Å². The van der Waals surface area contributed by atoms with Gasteiger partial charge in [0.05, 0.1) is 13.7 Å². The molecule has 0 radical (unpaired) electrons. The van der Waals surface area contributed by atoms with Crippen LogP contribution in [0.25, 0.3) is 0 Å². The lowest BCUT2D eigenvalue weighted by Gasteiger charge is -2.20. The zero-order chi connectivity index (χ0) is 17.8. The molecule has 1 aromatic carbocycles. The molecule has 0 amide bonds. The molecule has 0 aliphatic carbocycles. The summed E-state index contributed by atoms with van der Waals surface area (Å²) < 4.78 is 10.6. The van der Waals surface area contributed by atoms with Gasteiger partial charge in [0.25, 0.3) is 0 Å². The fourth-order valence-electron chi connectivity index (χ4n) is 2.58. The molecular formula is C20H28O4. The Bertz CT molecular complexity index is 532. The lowest BCUT2D eigenvalue weighted by atomic mass is 9.95. The first kappa shape index (κ1) is 20.1. The first-order chi connectivity index (χ1) is 11.6. The van der Waals surface area contributed by atoms with Crippen LogP contribution in [0.1, 0.15) is 51.5 Å². The molecule has 0 heterocycles. The van der Waals surface area contributed by atoms with Crippen molar-refractivity contribution in [2.75, 3.05) is 7.11 Å². The molecule has 2 unspecified atom stereocenters. The molecule has 1 aromatic rings. The summed E-state index contributed by atoms with van der Waals surface area (Å²) in [5.74, 6) is 1.98. The first-order valence-electron chi connectivity index (χ1n) is 8.56. The number of esters is 1. The molecule has 132 valence electrons. The van der Waals surface area contributed by atoms with Crippen molar-refractivity contribution in [1.29, 1.82) is 0 Å². The summed E-state index contributed by atoms with van der Waals surface area (Å²) in [7, 11) is 1.38. The second-order valence-electron chi connectivity index (χ2n) is 6.10. The van der Waals surface area contributed by atoms with E-state index >= 15 is 0 Å². The molecule has 24 heavy (non-hydrogen) atoms. The van der Waals surface area contributed by atoms with Gasteiger partial charge in [-0.1, -0.05) is 50.6 Å². The van der Waals surface area contributed by atoms with Crippen molar-refractivity contribution < 1.29 is 19.1 Å². The number of carbonyl (C=O) groups is 1. The maximum Gasteiger partial charge on any atom is 0.334 e. The van der Waals surface area contributed by atoms with E-state index in [4.69, 9.17) is 9.47 Å². The predicted molar refractivity (Wildman–Crippen MR) is 94.2 cm³/mol. The van der Waals surface area contributed by atoms with Gasteiger partial charge in [0, 0.05) is 5.57 Å². The molecule has 0 spiro atoms. The van der Waals surface area contributed by atoms with Crippen molar-refractivity contribution in [3.8, 4) is 0 Å². The summed E-state index contributed by atoms with van der Waals surface area (Å²) in [6.07, 6.45) is 3.45. The van der Waals surface area contributed by atoms with Crippen LogP contribution in [0.3, 0.4) is 0 Å². The van der Waals surface area contributed by atoms with E-state index in [1.54, 1.807) is 0 Å². The zero-order valence-corrected chi connectivity index (χ0v) is 14.9. The second kappa shape index (κ2) is 11.6. The van der Waals surface area contributed by atoms with Crippen molar-refractivity contribution in [2.24, 2.45) is 5.92 Å². The second-order valence-corrected chi connectivity index (χ2v) is 6.10. The van der Waals surface area contributed by atoms with E-state index in [0.29, 0.717) is 18.9 Å². The Kier molecular flexibility index (Phi) is 9.74. The van der Waals surface area contributed by atoms with Gasteiger partial charge < -0.3 is 9.47 Å². The molecule has 0 aromatic heterocycles. The number of ether oxygens (including phenoxy) is 2. The van der Waals surface area contributed by atoms with E-state index in [1.807, 2.05) is 43.2 Å². The minimum atomic E-state index is -0.558. The van der Waals surface area contributed by atoms with Crippen LogP contribution in [0.5, 0.6) is 0 Å². The van der Waals surface area contributed by atoms with Crippen LogP contribution in [-0.2, 0) is 25.7 Å². The molecule has 0 fully saturated rings. The van der Waals surface area contributed by atoms with Gasteiger partial charge >= 0.3 is 5.97 Å². The number of hydrogen-bond donors (Lipinski definition) is 0. The third-order valence-electron chi connectivity index (χ3n) is 4.12. The van der Waals surface area contributed by atoms with Crippen molar-refractivity contribution in [3.05, 3.63) is 41.5 Å². The molecule has 0 saturated carbocycles. The van der Waals surface area contributed by atoms with E-state index in [2.05, 4.69) is 6.92 Å². The molecular weight excluding hydrogens is 304 g/mol. The molecule has 0 aliphatic heterocycles. The molecule has 4 heteroatoms. The van der Waals surface area contributed by atoms with E-state index in [9.17, 15) is 9.59 Å². The van der Waals surface area contributed by atoms with E-state index in [1.165, 1.54) is 7.11 Å². The lowest BCUT2D eigenvalue weighted by molar-refractivity contribution is -0.156. The lowest BCUT2D eigenvalue weighted by Crippen LogP contribution is -2.27. The van der Waals surface area contributed by atoms with E-state index < -0.39 is 6.10 Å². The van der Waals surface area contributed by atoms with Crippen molar-refractivity contribution in [3.63, 3.8) is 0 Å². The normalized spacial score (nSPS) is 13.0. The number of methoxy groups -OCH3 is 1. The van der Waals surface area contributed by atoms with E-state index in [0.717, 1.165) is 36.8 Å². The smallest absolute Gasteiger partial charge is 0.334 e. The summed E-state index contributed by atoms with van der Waals surface area (Å²) in [5.41, 5.74) is 1.86. The zero-order valence-electron chi connectivity index (χ0n) is 14.9. The molecule has 0 bridgehead atoms. The minimum Gasteiger partial charge on any atom is -0.467 e. The summed E-state index contributed by atoms with van der Waals surface area (Å²) in [6, 6.07) is 9.77. The van der Waals surface area contributed by atoms with Crippen LogP contribution in [0, 0.1) is 5.92 Å². The average Bonchev–Trinajstić information content (AvgIpc) is 2.62. The third kappa shape index (κ3) is 7.58. The van der Waals surface area contributed by atoms with Crippen LogP contribution in [0.4, 0.5) is 0 Å². The van der Waals surface area contributed by atoms with Gasteiger partial charge in [0.2, 0.25) is 0 Å². The molecule has 2 atom stereocenters. The van der Waals surface area contributed by atoms with Gasteiger partial charge in [0.1, 0.15) is 5.94 Å². The highest BCUT2D eigenvalue weighted by atomic mass is 16.6. The minimum absolute atomic E-state index is 0.314. The highest BCUT2D eigenvalue weighted by Crippen LogP contribution is 2.20. The number of carbonyl (C=O) groups excluding carboxylic acids is 2. The van der Waals surface area contributed by atoms with Gasteiger partial charge in [-0.25, -0.2) is 9.59 Å². The van der Waals surface area contributed by atoms with Gasteiger partial charge in [-0.05, 0) is 37.2 Å². The van der Waals surface area contributed by atoms with Crippen molar-refractivity contribution in [1.82, 2.24) is 0 Å². The Balaban J connectivity index is 2.46. The predicted octanol–water partition coefficient (Wildman–Crippen LogP) is 4.11. The van der Waals surface area contributed by atoms with Gasteiger partial charge in [0.15, 0.2) is 6.10 Å². The fraction of sp³-hybridized carbons (Fsp3) is 0.550. The fourth-order valence-corrected chi connectivity index (χ4v) is 2.58. The Labute approximate surface area is 144 Å². The van der Waals surface area contributed by atoms with Crippen molar-refractivity contribution >= 4 is 11.9 Å². The molecule has 0 N–H and O–H groups in total. The Morgan fingerprint density at radius 1 is 1.25 bits per heavy atom. The van der Waals surface area contributed by atoms with Crippen LogP contribution in [-0.4, -0.2) is 25.1 Å². The number of hydrogen-bond acceptors (Lipinski definition) is 4. The quantitative estimate of drug-likeness (QED) is 0.452. The van der Waals surface area contributed by atoms with Crippen LogP contribution < -0.4 is 0 Å². The summed E-state index contributed by atoms with van der Waals surface area (Å²) in [6.45, 7) is 4.45. The van der Waals surface area contributed by atoms with Crippen LogP contribution in [0.2, 0.25) is 0 Å². The number of allylic oxidation sites excluding steroid dienone is 1. The summed E-state index contributed by atoms with van der Waals surface area (Å²) >= 11 is 0.